The SMILES string of the molecule is O=CC(/C=C/C(Cc1ccc(F)cc1)C(=O)O)Cc1ccccc1. The summed E-state index contributed by atoms with van der Waals surface area (Å²) in [6.07, 6.45) is 4.79. The summed E-state index contributed by atoms with van der Waals surface area (Å²) in [5.41, 5.74) is 1.75. The first kappa shape index (κ1) is 17.6. The number of benzene rings is 2. The maximum absolute atomic E-state index is 12.9. The third kappa shape index (κ3) is 5.47. The molecule has 0 amide bonds. The second-order valence-electron chi connectivity index (χ2n) is 5.65. The Bertz CT molecular complexity index is 693. The largest absolute Gasteiger partial charge is 0.481 e. The van der Waals surface area contributed by atoms with Gasteiger partial charge in [0.2, 0.25) is 0 Å². The number of carboxylic acids is 1. The van der Waals surface area contributed by atoms with E-state index in [9.17, 15) is 19.1 Å². The van der Waals surface area contributed by atoms with Gasteiger partial charge in [-0.15, -0.1) is 0 Å². The predicted octanol–water partition coefficient (Wildman–Crippen LogP) is 3.68. The van der Waals surface area contributed by atoms with Crippen molar-refractivity contribution in [1.82, 2.24) is 0 Å². The molecular weight excluding hydrogens is 307 g/mol. The minimum absolute atomic E-state index is 0.253. The van der Waals surface area contributed by atoms with Gasteiger partial charge in [0.25, 0.3) is 0 Å². The Labute approximate surface area is 140 Å². The van der Waals surface area contributed by atoms with Crippen LogP contribution < -0.4 is 0 Å². The zero-order valence-corrected chi connectivity index (χ0v) is 13.1. The van der Waals surface area contributed by atoms with Crippen LogP contribution in [0.25, 0.3) is 0 Å². The van der Waals surface area contributed by atoms with Gasteiger partial charge < -0.3 is 9.90 Å². The van der Waals surface area contributed by atoms with Crippen molar-refractivity contribution in [2.24, 2.45) is 11.8 Å². The molecule has 0 fully saturated rings. The number of hydrogen-bond acceptors (Lipinski definition) is 2. The van der Waals surface area contributed by atoms with Crippen molar-refractivity contribution in [3.63, 3.8) is 0 Å². The fraction of sp³-hybridized carbons (Fsp3) is 0.200. The van der Waals surface area contributed by atoms with E-state index < -0.39 is 11.9 Å². The molecule has 0 bridgehead atoms. The van der Waals surface area contributed by atoms with Crippen LogP contribution in [0.1, 0.15) is 11.1 Å². The molecule has 0 aliphatic rings. The first-order chi connectivity index (χ1) is 11.6. The van der Waals surface area contributed by atoms with E-state index in [0.717, 1.165) is 17.4 Å². The Balaban J connectivity index is 2.04. The lowest BCUT2D eigenvalue weighted by atomic mass is 9.95. The van der Waals surface area contributed by atoms with Gasteiger partial charge in [0.05, 0.1) is 5.92 Å². The molecule has 0 radical (unpaired) electrons. The first-order valence-electron chi connectivity index (χ1n) is 7.73. The lowest BCUT2D eigenvalue weighted by Crippen LogP contribution is -2.15. The highest BCUT2D eigenvalue weighted by Gasteiger charge is 2.16. The maximum atomic E-state index is 12.9. The minimum atomic E-state index is -0.972. The summed E-state index contributed by atoms with van der Waals surface area (Å²) in [6, 6.07) is 15.3. The second kappa shape index (κ2) is 8.77. The average Bonchev–Trinajstić information content (AvgIpc) is 2.59. The summed E-state index contributed by atoms with van der Waals surface area (Å²) in [4.78, 5) is 22.7. The van der Waals surface area contributed by atoms with Crippen molar-refractivity contribution in [3.05, 3.63) is 83.7 Å². The lowest BCUT2D eigenvalue weighted by Gasteiger charge is -2.10. The number of carboxylic acid groups (broad SMARTS) is 1. The van der Waals surface area contributed by atoms with E-state index >= 15 is 0 Å². The highest BCUT2D eigenvalue weighted by Crippen LogP contribution is 2.14. The monoisotopic (exact) mass is 326 g/mol. The molecule has 0 heterocycles. The van der Waals surface area contributed by atoms with E-state index in [1.807, 2.05) is 30.3 Å². The molecule has 2 aromatic carbocycles. The highest BCUT2D eigenvalue weighted by molar-refractivity contribution is 5.73. The summed E-state index contributed by atoms with van der Waals surface area (Å²) in [6.45, 7) is 0. The number of carbonyl (C=O) groups is 2. The van der Waals surface area contributed by atoms with E-state index in [-0.39, 0.29) is 18.2 Å². The van der Waals surface area contributed by atoms with Gasteiger partial charge in [0.15, 0.2) is 0 Å². The average molecular weight is 326 g/mol. The predicted molar refractivity (Wildman–Crippen MR) is 90.1 cm³/mol. The molecule has 0 saturated heterocycles. The molecule has 0 spiro atoms. The summed E-state index contributed by atoms with van der Waals surface area (Å²) in [5, 5.41) is 9.35. The molecule has 24 heavy (non-hydrogen) atoms. The van der Waals surface area contributed by atoms with E-state index in [1.54, 1.807) is 24.3 Å². The molecule has 3 nitrogen and oxygen atoms in total. The molecule has 2 aromatic rings. The number of carbonyl (C=O) groups excluding carboxylic acids is 1. The van der Waals surface area contributed by atoms with Crippen molar-refractivity contribution < 1.29 is 19.1 Å². The van der Waals surface area contributed by atoms with Crippen molar-refractivity contribution in [2.45, 2.75) is 12.8 Å². The molecule has 0 aromatic heterocycles. The molecule has 4 heteroatoms. The smallest absolute Gasteiger partial charge is 0.310 e. The summed E-state index contributed by atoms with van der Waals surface area (Å²) in [7, 11) is 0. The van der Waals surface area contributed by atoms with E-state index in [4.69, 9.17) is 0 Å². The van der Waals surface area contributed by atoms with Crippen molar-refractivity contribution in [2.75, 3.05) is 0 Å². The van der Waals surface area contributed by atoms with Crippen LogP contribution >= 0.6 is 0 Å². The lowest BCUT2D eigenvalue weighted by molar-refractivity contribution is -0.140. The summed E-state index contributed by atoms with van der Waals surface area (Å²) in [5.74, 6) is -2.46. The van der Waals surface area contributed by atoms with Crippen LogP contribution in [0.4, 0.5) is 4.39 Å². The zero-order valence-electron chi connectivity index (χ0n) is 13.1. The molecule has 0 saturated carbocycles. The quantitative estimate of drug-likeness (QED) is 0.595. The van der Waals surface area contributed by atoms with Gasteiger partial charge in [0, 0.05) is 5.92 Å². The van der Waals surface area contributed by atoms with Crippen LogP contribution in [0, 0.1) is 17.7 Å². The second-order valence-corrected chi connectivity index (χ2v) is 5.65. The Kier molecular flexibility index (Phi) is 6.43. The van der Waals surface area contributed by atoms with Crippen LogP contribution in [0.3, 0.4) is 0 Å². The van der Waals surface area contributed by atoms with E-state index in [0.29, 0.717) is 6.42 Å². The Morgan fingerprint density at radius 3 is 2.17 bits per heavy atom. The van der Waals surface area contributed by atoms with Crippen molar-refractivity contribution >= 4 is 12.3 Å². The molecule has 2 rings (SSSR count). The van der Waals surface area contributed by atoms with Crippen LogP contribution in [-0.4, -0.2) is 17.4 Å². The van der Waals surface area contributed by atoms with Crippen LogP contribution in [0.2, 0.25) is 0 Å². The molecule has 1 N–H and O–H groups in total. The number of halogens is 1. The third-order valence-electron chi connectivity index (χ3n) is 3.77. The number of allylic oxidation sites excluding steroid dienone is 1. The standard InChI is InChI=1S/C20H19FO3/c21-19-10-7-16(8-11-19)13-18(20(23)24)9-6-17(14-22)12-15-4-2-1-3-5-15/h1-11,14,17-18H,12-13H2,(H,23,24)/b9-6+. The van der Waals surface area contributed by atoms with Crippen LogP contribution in [0.5, 0.6) is 0 Å². The zero-order chi connectivity index (χ0) is 17.4. The number of hydrogen-bond donors (Lipinski definition) is 1. The van der Waals surface area contributed by atoms with Crippen LogP contribution in [-0.2, 0) is 22.4 Å². The summed E-state index contributed by atoms with van der Waals surface area (Å²) < 4.78 is 12.9. The van der Waals surface area contributed by atoms with Crippen molar-refractivity contribution in [1.29, 1.82) is 0 Å². The highest BCUT2D eigenvalue weighted by atomic mass is 19.1. The molecular formula is C20H19FO3. The van der Waals surface area contributed by atoms with Gasteiger partial charge >= 0.3 is 5.97 Å². The van der Waals surface area contributed by atoms with Gasteiger partial charge in [-0.3, -0.25) is 4.79 Å². The Hall–Kier alpha value is -2.75. The third-order valence-corrected chi connectivity index (χ3v) is 3.77. The molecule has 2 atom stereocenters. The van der Waals surface area contributed by atoms with Gasteiger partial charge in [-0.1, -0.05) is 54.6 Å². The fourth-order valence-electron chi connectivity index (χ4n) is 2.44. The van der Waals surface area contributed by atoms with Gasteiger partial charge in [0.1, 0.15) is 12.1 Å². The topological polar surface area (TPSA) is 54.4 Å². The Morgan fingerprint density at radius 1 is 0.958 bits per heavy atom. The maximum Gasteiger partial charge on any atom is 0.310 e. The Morgan fingerprint density at radius 2 is 1.58 bits per heavy atom. The number of aliphatic carboxylic acids is 1. The first-order valence-corrected chi connectivity index (χ1v) is 7.73. The van der Waals surface area contributed by atoms with Crippen LogP contribution in [0.15, 0.2) is 66.7 Å². The normalized spacial score (nSPS) is 13.5. The fourth-order valence-corrected chi connectivity index (χ4v) is 2.44. The van der Waals surface area contributed by atoms with E-state index in [1.165, 1.54) is 12.1 Å². The molecule has 2 unspecified atom stereocenters. The van der Waals surface area contributed by atoms with Gasteiger partial charge in [-0.25, -0.2) is 4.39 Å². The van der Waals surface area contributed by atoms with Gasteiger partial charge in [-0.2, -0.15) is 0 Å². The summed E-state index contributed by atoms with van der Waals surface area (Å²) >= 11 is 0. The molecule has 124 valence electrons. The van der Waals surface area contributed by atoms with Crippen molar-refractivity contribution in [3.8, 4) is 0 Å². The minimum Gasteiger partial charge on any atom is -0.481 e. The van der Waals surface area contributed by atoms with Gasteiger partial charge in [-0.05, 0) is 36.1 Å². The molecule has 0 aliphatic carbocycles. The molecule has 0 aliphatic heterocycles. The number of rotatable bonds is 8. The number of aldehydes is 1. The van der Waals surface area contributed by atoms with E-state index in [2.05, 4.69) is 0 Å².